The molecule has 24 heavy (non-hydrogen) atoms. The molecule has 0 saturated heterocycles. The number of hydrogen-bond donors (Lipinski definition) is 1. The summed E-state index contributed by atoms with van der Waals surface area (Å²) in [5, 5.41) is 20.7. The van der Waals surface area contributed by atoms with E-state index in [9.17, 15) is 9.90 Å². The summed E-state index contributed by atoms with van der Waals surface area (Å²) >= 11 is 0. The quantitative estimate of drug-likeness (QED) is 0.785. The first-order valence-corrected chi connectivity index (χ1v) is 8.71. The number of likely N-dealkylation sites (N-methyl/N-ethyl adjacent to an activating group) is 1. The Kier molecular flexibility index (Phi) is 5.85. The van der Waals surface area contributed by atoms with Gasteiger partial charge in [0.2, 0.25) is 0 Å². The van der Waals surface area contributed by atoms with E-state index in [4.69, 9.17) is 4.74 Å². The highest BCUT2D eigenvalue weighted by Gasteiger charge is 2.36. The smallest absolute Gasteiger partial charge is 0.410 e. The van der Waals surface area contributed by atoms with Crippen LogP contribution in [0.15, 0.2) is 22.0 Å². The van der Waals surface area contributed by atoms with E-state index in [2.05, 4.69) is 10.3 Å². The van der Waals surface area contributed by atoms with Crippen molar-refractivity contribution in [2.24, 2.45) is 10.3 Å². The molecule has 7 nitrogen and oxygen atoms in total. The van der Waals surface area contributed by atoms with Crippen molar-refractivity contribution < 1.29 is 14.6 Å². The summed E-state index contributed by atoms with van der Waals surface area (Å²) in [7, 11) is 0. The molecule has 7 heteroatoms. The number of ether oxygens (including phenoxy) is 1. The summed E-state index contributed by atoms with van der Waals surface area (Å²) in [6.07, 6.45) is 2.49. The molecule has 2 aliphatic heterocycles. The Labute approximate surface area is 144 Å². The van der Waals surface area contributed by atoms with Crippen molar-refractivity contribution >= 4 is 6.09 Å². The molecule has 1 N–H and O–H groups in total. The fourth-order valence-electron chi connectivity index (χ4n) is 3.02. The van der Waals surface area contributed by atoms with E-state index in [1.165, 1.54) is 0 Å². The average Bonchev–Trinajstić information content (AvgIpc) is 2.94. The summed E-state index contributed by atoms with van der Waals surface area (Å²) in [6.45, 7) is 11.3. The number of hydrogen-bond acceptors (Lipinski definition) is 6. The maximum atomic E-state index is 12.6. The molecular formula is C17H30N4O3. The predicted molar refractivity (Wildman–Crippen MR) is 91.6 cm³/mol. The van der Waals surface area contributed by atoms with E-state index in [-0.39, 0.29) is 18.2 Å². The number of rotatable bonds is 2. The molecule has 2 bridgehead atoms. The second-order valence-electron chi connectivity index (χ2n) is 7.51. The van der Waals surface area contributed by atoms with E-state index >= 15 is 0 Å². The van der Waals surface area contributed by atoms with E-state index in [0.29, 0.717) is 32.5 Å². The van der Waals surface area contributed by atoms with Crippen molar-refractivity contribution in [3.63, 3.8) is 0 Å². The van der Waals surface area contributed by atoms with Crippen LogP contribution in [-0.2, 0) is 4.74 Å². The minimum absolute atomic E-state index is 0.0724. The molecule has 1 amide bonds. The maximum Gasteiger partial charge on any atom is 0.410 e. The van der Waals surface area contributed by atoms with Gasteiger partial charge >= 0.3 is 6.09 Å². The number of fused-ring (bicyclic) bond motifs is 2. The maximum absolute atomic E-state index is 12.6. The zero-order valence-corrected chi connectivity index (χ0v) is 15.4. The Morgan fingerprint density at radius 3 is 2.83 bits per heavy atom. The van der Waals surface area contributed by atoms with Gasteiger partial charge in [0.05, 0.1) is 18.7 Å². The van der Waals surface area contributed by atoms with Gasteiger partial charge in [0.15, 0.2) is 0 Å². The topological polar surface area (TPSA) is 77.7 Å². The van der Waals surface area contributed by atoms with Crippen LogP contribution in [0, 0.1) is 0 Å². The van der Waals surface area contributed by atoms with Crippen LogP contribution in [-0.4, -0.2) is 64.5 Å². The molecule has 0 fully saturated rings. The first-order valence-electron chi connectivity index (χ1n) is 8.71. The standard InChI is InChI=1S/C17H30N4O3/c1-6-21(16(23)24-17(3,4)5)14-8-7-12(2)15(22)9-10-20-11-13(14)18-19-20/h7,13-15,22H,6,8-11H2,1-5H3/b12-7+/t13-,14?,15?/m0/s1. The van der Waals surface area contributed by atoms with Gasteiger partial charge in [0, 0.05) is 13.1 Å². The van der Waals surface area contributed by atoms with Gasteiger partial charge in [-0.25, -0.2) is 4.79 Å². The summed E-state index contributed by atoms with van der Waals surface area (Å²) in [6, 6.07) is -0.199. The highest BCUT2D eigenvalue weighted by atomic mass is 16.6. The summed E-state index contributed by atoms with van der Waals surface area (Å²) in [5.41, 5.74) is 0.397. The molecule has 0 spiro atoms. The number of amides is 1. The van der Waals surface area contributed by atoms with Gasteiger partial charge in [0.1, 0.15) is 11.6 Å². The van der Waals surface area contributed by atoms with Gasteiger partial charge in [0.25, 0.3) is 0 Å². The predicted octanol–water partition coefficient (Wildman–Crippen LogP) is 2.76. The number of carbonyl (C=O) groups excluding carboxylic acids is 1. The lowest BCUT2D eigenvalue weighted by Crippen LogP contribution is -2.49. The van der Waals surface area contributed by atoms with Crippen LogP contribution in [0.1, 0.15) is 47.5 Å². The Hall–Kier alpha value is -1.63. The minimum Gasteiger partial charge on any atom is -0.444 e. The highest BCUT2D eigenvalue weighted by molar-refractivity contribution is 5.68. The van der Waals surface area contributed by atoms with Crippen molar-refractivity contribution in [3.8, 4) is 0 Å². The first-order chi connectivity index (χ1) is 11.2. The van der Waals surface area contributed by atoms with Crippen molar-refractivity contribution in [3.05, 3.63) is 11.6 Å². The minimum atomic E-state index is -0.536. The van der Waals surface area contributed by atoms with E-state index in [1.807, 2.05) is 45.7 Å². The summed E-state index contributed by atoms with van der Waals surface area (Å²) in [5.74, 6) is 0. The van der Waals surface area contributed by atoms with Crippen LogP contribution in [0.3, 0.4) is 0 Å². The Morgan fingerprint density at radius 1 is 1.50 bits per heavy atom. The Bertz CT molecular complexity index is 512. The lowest BCUT2D eigenvalue weighted by molar-refractivity contribution is 0.0147. The molecule has 0 aromatic carbocycles. The highest BCUT2D eigenvalue weighted by Crippen LogP contribution is 2.25. The SMILES string of the molecule is CCN(C(=O)OC(C)(C)C)C1C/C=C(\C)C(O)CCN2C[C@@H]1N=N2. The van der Waals surface area contributed by atoms with Crippen molar-refractivity contribution in [2.75, 3.05) is 19.6 Å². The largest absolute Gasteiger partial charge is 0.444 e. The third-order valence-electron chi connectivity index (χ3n) is 4.41. The van der Waals surface area contributed by atoms with Crippen molar-refractivity contribution in [1.82, 2.24) is 9.91 Å². The summed E-state index contributed by atoms with van der Waals surface area (Å²) < 4.78 is 5.56. The number of nitrogens with zero attached hydrogens (tertiary/aromatic N) is 4. The van der Waals surface area contributed by atoms with E-state index < -0.39 is 11.7 Å². The van der Waals surface area contributed by atoms with Crippen LogP contribution >= 0.6 is 0 Å². The van der Waals surface area contributed by atoms with Crippen LogP contribution in [0.5, 0.6) is 0 Å². The fraction of sp³-hybridized carbons (Fsp3) is 0.824. The third-order valence-corrected chi connectivity index (χ3v) is 4.41. The second kappa shape index (κ2) is 7.51. The Morgan fingerprint density at radius 2 is 2.21 bits per heavy atom. The molecule has 0 aromatic rings. The van der Waals surface area contributed by atoms with Crippen LogP contribution in [0.25, 0.3) is 0 Å². The van der Waals surface area contributed by atoms with Crippen molar-refractivity contribution in [2.45, 2.75) is 71.2 Å². The number of aliphatic hydroxyl groups excluding tert-OH is 1. The van der Waals surface area contributed by atoms with Crippen LogP contribution in [0.2, 0.25) is 0 Å². The molecule has 136 valence electrons. The molecular weight excluding hydrogens is 308 g/mol. The molecule has 2 aliphatic rings. The van der Waals surface area contributed by atoms with Gasteiger partial charge in [-0.15, -0.1) is 0 Å². The van der Waals surface area contributed by atoms with Gasteiger partial charge < -0.3 is 14.7 Å². The molecule has 0 saturated carbocycles. The van der Waals surface area contributed by atoms with Crippen LogP contribution < -0.4 is 0 Å². The zero-order valence-electron chi connectivity index (χ0n) is 15.4. The number of carbonyl (C=O) groups is 1. The molecule has 0 aromatic heterocycles. The number of aliphatic hydroxyl groups is 1. The third kappa shape index (κ3) is 4.69. The van der Waals surface area contributed by atoms with E-state index in [1.54, 1.807) is 4.90 Å². The molecule has 3 atom stereocenters. The Balaban J connectivity index is 2.23. The monoisotopic (exact) mass is 338 g/mol. The second-order valence-corrected chi connectivity index (χ2v) is 7.51. The lowest BCUT2D eigenvalue weighted by atomic mass is 9.98. The molecule has 2 rings (SSSR count). The molecule has 0 aliphatic carbocycles. The first kappa shape index (κ1) is 18.7. The summed E-state index contributed by atoms with van der Waals surface area (Å²) in [4.78, 5) is 14.3. The average molecular weight is 338 g/mol. The molecule has 2 heterocycles. The van der Waals surface area contributed by atoms with Gasteiger partial charge in [-0.1, -0.05) is 11.3 Å². The molecule has 0 radical (unpaired) electrons. The van der Waals surface area contributed by atoms with Gasteiger partial charge in [-0.05, 0) is 53.0 Å². The lowest BCUT2D eigenvalue weighted by Gasteiger charge is -2.34. The van der Waals surface area contributed by atoms with Crippen LogP contribution in [0.4, 0.5) is 4.79 Å². The normalized spacial score (nSPS) is 29.8. The van der Waals surface area contributed by atoms with Crippen molar-refractivity contribution in [1.29, 1.82) is 0 Å². The fourth-order valence-corrected chi connectivity index (χ4v) is 3.02. The molecule has 2 unspecified atom stereocenters. The van der Waals surface area contributed by atoms with Gasteiger partial charge in [-0.2, -0.15) is 5.11 Å². The van der Waals surface area contributed by atoms with E-state index in [0.717, 1.165) is 5.57 Å². The van der Waals surface area contributed by atoms with Gasteiger partial charge in [-0.3, -0.25) is 5.01 Å². The zero-order chi connectivity index (χ0) is 17.9.